The highest BCUT2D eigenvalue weighted by atomic mass is 19.1. The van der Waals surface area contributed by atoms with Crippen LogP contribution in [0.25, 0.3) is 0 Å². The summed E-state index contributed by atoms with van der Waals surface area (Å²) in [5, 5.41) is 11.2. The van der Waals surface area contributed by atoms with Crippen molar-refractivity contribution < 1.29 is 4.39 Å². The lowest BCUT2D eigenvalue weighted by molar-refractivity contribution is 0.617. The fourth-order valence-electron chi connectivity index (χ4n) is 1.24. The summed E-state index contributed by atoms with van der Waals surface area (Å²) in [6.45, 7) is 2.86. The van der Waals surface area contributed by atoms with E-state index in [1.807, 2.05) is 12.1 Å². The molecule has 0 heterocycles. The van der Waals surface area contributed by atoms with Gasteiger partial charge in [-0.15, -0.1) is 0 Å². The van der Waals surface area contributed by atoms with Crippen LogP contribution < -0.4 is 5.32 Å². The van der Waals surface area contributed by atoms with Crippen molar-refractivity contribution in [2.45, 2.75) is 13.3 Å². The normalized spacial score (nSPS) is 9.79. The largest absolute Gasteiger partial charge is 0.304 e. The van der Waals surface area contributed by atoms with Gasteiger partial charge in [0.15, 0.2) is 0 Å². The minimum absolute atomic E-state index is 0.168. The Bertz CT molecular complexity index is 342. The SMILES string of the molecule is Cc1cc(CCNCC#N)ccc1F. The van der Waals surface area contributed by atoms with Crippen molar-refractivity contribution >= 4 is 0 Å². The summed E-state index contributed by atoms with van der Waals surface area (Å²) < 4.78 is 12.9. The number of rotatable bonds is 4. The van der Waals surface area contributed by atoms with E-state index in [4.69, 9.17) is 5.26 Å². The topological polar surface area (TPSA) is 35.8 Å². The molecule has 3 heteroatoms. The van der Waals surface area contributed by atoms with Crippen LogP contribution in [0.3, 0.4) is 0 Å². The van der Waals surface area contributed by atoms with Crippen LogP contribution in [0.15, 0.2) is 18.2 Å². The van der Waals surface area contributed by atoms with Gasteiger partial charge in [-0.05, 0) is 30.5 Å². The molecule has 0 aromatic heterocycles. The quantitative estimate of drug-likeness (QED) is 0.583. The molecule has 2 nitrogen and oxygen atoms in total. The van der Waals surface area contributed by atoms with Crippen molar-refractivity contribution in [1.29, 1.82) is 5.26 Å². The van der Waals surface area contributed by atoms with Crippen LogP contribution in [0, 0.1) is 24.1 Å². The number of nitrogens with one attached hydrogen (secondary N) is 1. The van der Waals surface area contributed by atoms with Crippen molar-refractivity contribution in [2.75, 3.05) is 13.1 Å². The number of benzene rings is 1. The fraction of sp³-hybridized carbons (Fsp3) is 0.364. The van der Waals surface area contributed by atoms with Gasteiger partial charge in [-0.1, -0.05) is 12.1 Å². The Labute approximate surface area is 83.4 Å². The van der Waals surface area contributed by atoms with Gasteiger partial charge in [0.2, 0.25) is 0 Å². The Hall–Kier alpha value is -1.40. The summed E-state index contributed by atoms with van der Waals surface area (Å²) >= 11 is 0. The molecule has 1 aromatic rings. The van der Waals surface area contributed by atoms with Crippen LogP contribution in [0.2, 0.25) is 0 Å². The van der Waals surface area contributed by atoms with Gasteiger partial charge in [-0.2, -0.15) is 5.26 Å². The van der Waals surface area contributed by atoms with Crippen LogP contribution in [0.5, 0.6) is 0 Å². The number of halogens is 1. The maximum absolute atomic E-state index is 12.9. The first-order chi connectivity index (χ1) is 6.74. The Morgan fingerprint density at radius 2 is 2.29 bits per heavy atom. The summed E-state index contributed by atoms with van der Waals surface area (Å²) in [7, 11) is 0. The van der Waals surface area contributed by atoms with Crippen LogP contribution in [0.1, 0.15) is 11.1 Å². The molecule has 0 aliphatic carbocycles. The standard InChI is InChI=1S/C11H13FN2/c1-9-8-10(2-3-11(9)12)4-6-14-7-5-13/h2-3,8,14H,4,6-7H2,1H3. The fourth-order valence-corrected chi connectivity index (χ4v) is 1.24. The van der Waals surface area contributed by atoms with Gasteiger partial charge in [0.05, 0.1) is 12.6 Å². The Morgan fingerprint density at radius 1 is 1.50 bits per heavy atom. The third kappa shape index (κ3) is 3.15. The van der Waals surface area contributed by atoms with E-state index < -0.39 is 0 Å². The van der Waals surface area contributed by atoms with E-state index in [0.717, 1.165) is 18.5 Å². The molecule has 0 aliphatic rings. The molecule has 1 N–H and O–H groups in total. The van der Waals surface area contributed by atoms with E-state index in [-0.39, 0.29) is 5.82 Å². The summed E-state index contributed by atoms with van der Waals surface area (Å²) in [6, 6.07) is 7.10. The Kier molecular flexibility index (Phi) is 4.09. The Morgan fingerprint density at radius 3 is 2.93 bits per heavy atom. The first-order valence-corrected chi connectivity index (χ1v) is 4.56. The van der Waals surface area contributed by atoms with Gasteiger partial charge < -0.3 is 5.32 Å². The van der Waals surface area contributed by atoms with Crippen molar-refractivity contribution in [3.8, 4) is 6.07 Å². The molecule has 0 spiro atoms. The molecule has 0 atom stereocenters. The summed E-state index contributed by atoms with van der Waals surface area (Å²) in [5.74, 6) is -0.168. The van der Waals surface area contributed by atoms with E-state index >= 15 is 0 Å². The molecule has 0 unspecified atom stereocenters. The minimum atomic E-state index is -0.168. The smallest absolute Gasteiger partial charge is 0.126 e. The zero-order valence-electron chi connectivity index (χ0n) is 8.18. The molecule has 0 saturated carbocycles. The van der Waals surface area contributed by atoms with Gasteiger partial charge in [0, 0.05) is 6.54 Å². The van der Waals surface area contributed by atoms with Gasteiger partial charge in [0.1, 0.15) is 5.82 Å². The number of nitriles is 1. The highest BCUT2D eigenvalue weighted by Gasteiger charge is 1.98. The molecule has 0 radical (unpaired) electrons. The minimum Gasteiger partial charge on any atom is -0.304 e. The second-order valence-corrected chi connectivity index (χ2v) is 3.17. The number of hydrogen-bond donors (Lipinski definition) is 1. The van der Waals surface area contributed by atoms with Gasteiger partial charge in [-0.25, -0.2) is 4.39 Å². The van der Waals surface area contributed by atoms with Crippen LogP contribution in [-0.2, 0) is 6.42 Å². The summed E-state index contributed by atoms with van der Waals surface area (Å²) in [4.78, 5) is 0. The number of nitrogens with zero attached hydrogens (tertiary/aromatic N) is 1. The zero-order chi connectivity index (χ0) is 10.4. The maximum Gasteiger partial charge on any atom is 0.126 e. The molecule has 1 rings (SSSR count). The van der Waals surface area contributed by atoms with Crippen molar-refractivity contribution in [3.05, 3.63) is 35.1 Å². The molecule has 14 heavy (non-hydrogen) atoms. The molecular formula is C11H13FN2. The zero-order valence-corrected chi connectivity index (χ0v) is 8.18. The molecule has 1 aromatic carbocycles. The predicted octanol–water partition coefficient (Wildman–Crippen LogP) is 1.79. The van der Waals surface area contributed by atoms with Crippen molar-refractivity contribution in [2.24, 2.45) is 0 Å². The first kappa shape index (κ1) is 10.7. The average molecular weight is 192 g/mol. The molecular weight excluding hydrogens is 179 g/mol. The summed E-state index contributed by atoms with van der Waals surface area (Å²) in [6.07, 6.45) is 0.822. The lowest BCUT2D eigenvalue weighted by Gasteiger charge is -2.03. The average Bonchev–Trinajstić information content (AvgIpc) is 2.18. The predicted molar refractivity (Wildman–Crippen MR) is 53.3 cm³/mol. The third-order valence-corrected chi connectivity index (χ3v) is 2.02. The highest BCUT2D eigenvalue weighted by Crippen LogP contribution is 2.09. The molecule has 0 aliphatic heterocycles. The first-order valence-electron chi connectivity index (χ1n) is 4.56. The molecule has 0 bridgehead atoms. The lowest BCUT2D eigenvalue weighted by atomic mass is 10.1. The second kappa shape index (κ2) is 5.36. The van der Waals surface area contributed by atoms with E-state index in [0.29, 0.717) is 12.1 Å². The monoisotopic (exact) mass is 192 g/mol. The van der Waals surface area contributed by atoms with Gasteiger partial charge in [0.25, 0.3) is 0 Å². The molecule has 74 valence electrons. The van der Waals surface area contributed by atoms with E-state index in [1.54, 1.807) is 13.0 Å². The molecule has 0 amide bonds. The van der Waals surface area contributed by atoms with E-state index in [9.17, 15) is 4.39 Å². The van der Waals surface area contributed by atoms with Gasteiger partial charge in [-0.3, -0.25) is 0 Å². The van der Waals surface area contributed by atoms with Crippen LogP contribution >= 0.6 is 0 Å². The van der Waals surface area contributed by atoms with Gasteiger partial charge >= 0.3 is 0 Å². The molecule has 0 fully saturated rings. The Balaban J connectivity index is 2.44. The lowest BCUT2D eigenvalue weighted by Crippen LogP contribution is -2.17. The van der Waals surface area contributed by atoms with Crippen molar-refractivity contribution in [1.82, 2.24) is 5.32 Å². The maximum atomic E-state index is 12.9. The highest BCUT2D eigenvalue weighted by molar-refractivity contribution is 5.24. The summed E-state index contributed by atoms with van der Waals surface area (Å²) in [5.41, 5.74) is 1.76. The number of hydrogen-bond acceptors (Lipinski definition) is 2. The third-order valence-electron chi connectivity index (χ3n) is 2.02. The molecule has 0 saturated heterocycles. The van der Waals surface area contributed by atoms with Crippen molar-refractivity contribution in [3.63, 3.8) is 0 Å². The van der Waals surface area contributed by atoms with Crippen LogP contribution in [0.4, 0.5) is 4.39 Å². The second-order valence-electron chi connectivity index (χ2n) is 3.17. The number of aryl methyl sites for hydroxylation is 1. The van der Waals surface area contributed by atoms with E-state index in [1.165, 1.54) is 6.07 Å². The van der Waals surface area contributed by atoms with Crippen LogP contribution in [-0.4, -0.2) is 13.1 Å². The van der Waals surface area contributed by atoms with E-state index in [2.05, 4.69) is 5.32 Å².